The third-order valence-corrected chi connectivity index (χ3v) is 3.89. The zero-order valence-electron chi connectivity index (χ0n) is 10.8. The Labute approximate surface area is 110 Å². The van der Waals surface area contributed by atoms with E-state index < -0.39 is 6.72 Å². The predicted molar refractivity (Wildman–Crippen MR) is 71.2 cm³/mol. The monoisotopic (exact) mass is 283 g/mol. The van der Waals surface area contributed by atoms with E-state index in [9.17, 15) is 4.89 Å². The summed E-state index contributed by atoms with van der Waals surface area (Å²) in [4.78, 5) is 11.5. The molecule has 0 aromatic rings. The number of aliphatic hydroxyl groups is 1. The average molecular weight is 283 g/mol. The molecule has 1 atom stereocenters. The molecule has 0 aromatic carbocycles. The summed E-state index contributed by atoms with van der Waals surface area (Å²) < 4.78 is 10.1. The first kappa shape index (κ1) is 17.5. The molecule has 104 valence electrons. The van der Waals surface area contributed by atoms with Crippen molar-refractivity contribution in [3.8, 4) is 0 Å². The van der Waals surface area contributed by atoms with Crippen molar-refractivity contribution in [2.24, 2.45) is 0 Å². The van der Waals surface area contributed by atoms with Crippen LogP contribution in [0.3, 0.4) is 0 Å². The molecule has 0 aliphatic heterocycles. The van der Waals surface area contributed by atoms with Crippen LogP contribution in [0.2, 0.25) is 0 Å². The van der Waals surface area contributed by atoms with E-state index in [1.54, 1.807) is 13.8 Å². The Morgan fingerprint density at radius 2 is 1.65 bits per heavy atom. The summed E-state index contributed by atoms with van der Waals surface area (Å²) in [6.45, 7) is 0.967. The van der Waals surface area contributed by atoms with Gasteiger partial charge in [0.15, 0.2) is 0 Å². The van der Waals surface area contributed by atoms with E-state index in [1.807, 2.05) is 0 Å². The Morgan fingerprint density at radius 1 is 1.12 bits per heavy atom. The van der Waals surface area contributed by atoms with Crippen molar-refractivity contribution in [3.63, 3.8) is 0 Å². The molecule has 0 bridgehead atoms. The van der Waals surface area contributed by atoms with Crippen LogP contribution in [-0.4, -0.2) is 24.4 Å². The minimum Gasteiger partial charge on any atom is -0.780 e. The highest BCUT2D eigenvalue weighted by Gasteiger charge is 2.05. The first-order valence-corrected chi connectivity index (χ1v) is 8.78. The zero-order valence-corrected chi connectivity index (χ0v) is 12.5. The highest BCUT2D eigenvalue weighted by Crippen LogP contribution is 2.40. The lowest BCUT2D eigenvalue weighted by atomic mass is 10.1. The molecule has 0 aliphatic carbocycles. The molecule has 0 spiro atoms. The number of hydrogen-bond acceptors (Lipinski definition) is 5. The average Bonchev–Trinajstić information content (AvgIpc) is 2.20. The van der Waals surface area contributed by atoms with Gasteiger partial charge in [-0.15, -0.1) is 0 Å². The maximum atomic E-state index is 11.5. The van der Waals surface area contributed by atoms with Gasteiger partial charge in [-0.2, -0.15) is 0 Å². The Hall–Kier alpha value is 0.490. The topological polar surface area (TPSA) is 61.8 Å². The Kier molecular flexibility index (Phi) is 10.7. The first-order chi connectivity index (χ1) is 7.98. The van der Waals surface area contributed by atoms with Gasteiger partial charge in [0.25, 0.3) is 0 Å². The van der Waals surface area contributed by atoms with E-state index in [0.29, 0.717) is 6.61 Å². The fraction of sp³-hybridized carbons (Fsp3) is 1.00. The van der Waals surface area contributed by atoms with Crippen LogP contribution < -0.4 is 4.89 Å². The van der Waals surface area contributed by atoms with Crippen LogP contribution in [0.5, 0.6) is 0 Å². The number of rotatable bonds is 11. The predicted octanol–water partition coefficient (Wildman–Crippen LogP) is 2.35. The Morgan fingerprint density at radius 3 is 2.18 bits per heavy atom. The van der Waals surface area contributed by atoms with Gasteiger partial charge in [-0.1, -0.05) is 37.5 Å². The molecular formula is C11H24O4PS-. The molecule has 0 amide bonds. The summed E-state index contributed by atoms with van der Waals surface area (Å²) in [5.41, 5.74) is 0. The van der Waals surface area contributed by atoms with Crippen molar-refractivity contribution in [3.05, 3.63) is 0 Å². The minimum absolute atomic E-state index is 0.170. The van der Waals surface area contributed by atoms with Gasteiger partial charge >= 0.3 is 0 Å². The number of aliphatic hydroxyl groups excluding tert-OH is 1. The molecule has 0 saturated heterocycles. The summed E-state index contributed by atoms with van der Waals surface area (Å²) in [5.74, 6) is 0. The summed E-state index contributed by atoms with van der Waals surface area (Å²) in [7, 11) is 0. The normalized spacial score (nSPS) is 15.1. The lowest BCUT2D eigenvalue weighted by molar-refractivity contribution is -0.209. The molecule has 0 rings (SSSR count). The van der Waals surface area contributed by atoms with Crippen molar-refractivity contribution in [2.75, 3.05) is 13.2 Å². The largest absolute Gasteiger partial charge is 0.780 e. The van der Waals surface area contributed by atoms with Crippen molar-refractivity contribution < 1.29 is 19.0 Å². The number of unbranched alkanes of at least 4 members (excludes halogenated alkanes) is 5. The summed E-state index contributed by atoms with van der Waals surface area (Å²) in [5, 5.41) is 8.59. The lowest BCUT2D eigenvalue weighted by Gasteiger charge is -2.29. The van der Waals surface area contributed by atoms with Gasteiger partial charge in [0, 0.05) is 6.61 Å². The van der Waals surface area contributed by atoms with Gasteiger partial charge in [-0.3, -0.25) is 0 Å². The van der Waals surface area contributed by atoms with E-state index in [0.717, 1.165) is 38.5 Å². The van der Waals surface area contributed by atoms with Crippen molar-refractivity contribution in [2.45, 2.75) is 58.5 Å². The first-order valence-electron chi connectivity index (χ1n) is 6.23. The highest BCUT2D eigenvalue weighted by atomic mass is 32.5. The van der Waals surface area contributed by atoms with E-state index >= 15 is 0 Å². The second-order valence-electron chi connectivity index (χ2n) is 4.28. The van der Waals surface area contributed by atoms with Crippen molar-refractivity contribution in [1.82, 2.24) is 0 Å². The van der Waals surface area contributed by atoms with Crippen LogP contribution in [0, 0.1) is 0 Å². The van der Waals surface area contributed by atoms with E-state index in [4.69, 9.17) is 26.0 Å². The van der Waals surface area contributed by atoms with Gasteiger partial charge in [-0.25, -0.2) is 0 Å². The van der Waals surface area contributed by atoms with Gasteiger partial charge in [-0.05, 0) is 26.7 Å². The maximum Gasteiger partial charge on any atom is 0.115 e. The molecule has 0 aromatic heterocycles. The molecule has 0 aliphatic rings. The Balaban J connectivity index is 3.35. The van der Waals surface area contributed by atoms with Crippen LogP contribution >= 0.6 is 6.72 Å². The summed E-state index contributed by atoms with van der Waals surface area (Å²) in [6.07, 6.45) is 5.87. The van der Waals surface area contributed by atoms with E-state index in [-0.39, 0.29) is 12.7 Å². The molecular weight excluding hydrogens is 259 g/mol. The van der Waals surface area contributed by atoms with E-state index in [2.05, 4.69) is 0 Å². The second-order valence-corrected chi connectivity index (χ2v) is 6.98. The lowest BCUT2D eigenvalue weighted by Crippen LogP contribution is -2.12. The second kappa shape index (κ2) is 10.4. The van der Waals surface area contributed by atoms with Crippen LogP contribution in [0.4, 0.5) is 0 Å². The molecule has 0 heterocycles. The van der Waals surface area contributed by atoms with Crippen LogP contribution in [0.15, 0.2) is 0 Å². The quantitative estimate of drug-likeness (QED) is 0.466. The highest BCUT2D eigenvalue weighted by molar-refractivity contribution is 8.06. The molecule has 4 nitrogen and oxygen atoms in total. The van der Waals surface area contributed by atoms with Gasteiger partial charge in [0.05, 0.1) is 12.7 Å². The summed E-state index contributed by atoms with van der Waals surface area (Å²) in [6, 6.07) is 0. The number of hydrogen-bond donors (Lipinski definition) is 1. The zero-order chi connectivity index (χ0) is 13.1. The molecule has 6 heteroatoms. The summed E-state index contributed by atoms with van der Waals surface area (Å²) >= 11 is 4.74. The van der Waals surface area contributed by atoms with Crippen LogP contribution in [-0.2, 0) is 20.9 Å². The molecule has 0 saturated carbocycles. The molecule has 0 radical (unpaired) electrons. The molecule has 17 heavy (non-hydrogen) atoms. The SMILES string of the molecule is CC(C)OP([O-])(=S)OCCCCCCCCO. The molecule has 1 unspecified atom stereocenters. The standard InChI is InChI=1S/C11H25O4PS/c1-11(2)15-16(13,17)14-10-8-6-4-3-5-7-9-12/h11-12H,3-10H2,1-2H3,(H,13,17)/p-1. The van der Waals surface area contributed by atoms with E-state index in [1.165, 1.54) is 0 Å². The van der Waals surface area contributed by atoms with Crippen molar-refractivity contribution in [1.29, 1.82) is 0 Å². The fourth-order valence-electron chi connectivity index (χ4n) is 1.39. The molecule has 0 fully saturated rings. The van der Waals surface area contributed by atoms with Gasteiger partial charge < -0.3 is 19.0 Å². The maximum absolute atomic E-state index is 11.5. The minimum atomic E-state index is -3.26. The smallest absolute Gasteiger partial charge is 0.115 e. The van der Waals surface area contributed by atoms with Crippen molar-refractivity contribution >= 4 is 18.5 Å². The third-order valence-electron chi connectivity index (χ3n) is 2.14. The molecule has 1 N–H and O–H groups in total. The third kappa shape index (κ3) is 12.7. The Bertz CT molecular complexity index is 224. The van der Waals surface area contributed by atoms with Crippen LogP contribution in [0.25, 0.3) is 0 Å². The van der Waals surface area contributed by atoms with Gasteiger partial charge in [0.2, 0.25) is 0 Å². The fourth-order valence-corrected chi connectivity index (χ4v) is 3.06. The van der Waals surface area contributed by atoms with Crippen LogP contribution in [0.1, 0.15) is 52.4 Å². The van der Waals surface area contributed by atoms with Gasteiger partial charge in [0.1, 0.15) is 6.72 Å².